The molecule has 1 unspecified atom stereocenters. The van der Waals surface area contributed by atoms with Crippen molar-refractivity contribution in [2.24, 2.45) is 7.05 Å². The predicted octanol–water partition coefficient (Wildman–Crippen LogP) is 3.45. The van der Waals surface area contributed by atoms with E-state index in [-0.39, 0.29) is 17.4 Å². The summed E-state index contributed by atoms with van der Waals surface area (Å²) in [5.74, 6) is 5.58. The van der Waals surface area contributed by atoms with Crippen LogP contribution in [0.15, 0.2) is 41.1 Å². The summed E-state index contributed by atoms with van der Waals surface area (Å²) in [5.41, 5.74) is 1.08. The minimum Gasteiger partial charge on any atom is -0.476 e. The number of hydrogen-bond donors (Lipinski definition) is 2. The van der Waals surface area contributed by atoms with Crippen LogP contribution in [-0.2, 0) is 19.1 Å². The number of carboxylic acids is 1. The number of rotatable bonds is 4. The first-order valence-corrected chi connectivity index (χ1v) is 10.1. The molecule has 2 N–H and O–H groups in total. The van der Waals surface area contributed by atoms with E-state index in [4.69, 9.17) is 4.42 Å². The topological polar surface area (TPSA) is 114 Å². The molecular formula is C24H22N4O4. The van der Waals surface area contributed by atoms with Gasteiger partial charge in [-0.15, -0.1) is 0 Å². The molecule has 0 aliphatic carbocycles. The largest absolute Gasteiger partial charge is 0.476 e. The maximum absolute atomic E-state index is 11.9. The maximum atomic E-state index is 11.9. The number of carbonyl (C=O) groups is 1. The quantitative estimate of drug-likeness (QED) is 0.477. The smallest absolute Gasteiger partial charge is 0.355 e. The van der Waals surface area contributed by atoms with Crippen molar-refractivity contribution in [3.63, 3.8) is 0 Å². The molecule has 3 heterocycles. The molecule has 0 saturated heterocycles. The van der Waals surface area contributed by atoms with Crippen molar-refractivity contribution < 1.29 is 19.4 Å². The summed E-state index contributed by atoms with van der Waals surface area (Å²) in [4.78, 5) is 24.9. The Morgan fingerprint density at radius 3 is 2.75 bits per heavy atom. The molecule has 0 aliphatic rings. The molecule has 162 valence electrons. The van der Waals surface area contributed by atoms with E-state index in [1.165, 1.54) is 13.1 Å². The van der Waals surface area contributed by atoms with Crippen molar-refractivity contribution in [1.29, 1.82) is 0 Å². The molecule has 4 aromatic rings. The van der Waals surface area contributed by atoms with Gasteiger partial charge in [0.05, 0.1) is 11.6 Å². The monoisotopic (exact) mass is 430 g/mol. The second-order valence-corrected chi connectivity index (χ2v) is 7.70. The number of fused-ring (bicyclic) bond motifs is 1. The molecule has 0 fully saturated rings. The second-order valence-electron chi connectivity index (χ2n) is 7.70. The fourth-order valence-electron chi connectivity index (χ4n) is 3.47. The SMILES string of the molecule is CCc1cn(C)c2nc(-c3cccc(C#CC(C)(O)c4ncc(C)o4)c3)nc(C(=O)O)c12. The van der Waals surface area contributed by atoms with E-state index >= 15 is 0 Å². The average Bonchev–Trinajstić information content (AvgIpc) is 3.35. The van der Waals surface area contributed by atoms with E-state index in [2.05, 4.69) is 26.8 Å². The molecule has 32 heavy (non-hydrogen) atoms. The van der Waals surface area contributed by atoms with Gasteiger partial charge in [-0.25, -0.2) is 19.7 Å². The molecule has 0 spiro atoms. The summed E-state index contributed by atoms with van der Waals surface area (Å²) in [6.45, 7) is 5.21. The number of benzene rings is 1. The normalized spacial score (nSPS) is 12.9. The van der Waals surface area contributed by atoms with Crippen LogP contribution in [0.1, 0.15) is 47.1 Å². The first kappa shape index (κ1) is 21.3. The van der Waals surface area contributed by atoms with Gasteiger partial charge in [0.1, 0.15) is 11.4 Å². The van der Waals surface area contributed by atoms with Gasteiger partial charge in [-0.1, -0.05) is 30.9 Å². The molecule has 3 aromatic heterocycles. The lowest BCUT2D eigenvalue weighted by Gasteiger charge is -2.11. The van der Waals surface area contributed by atoms with Crippen LogP contribution in [0.4, 0.5) is 0 Å². The Kier molecular flexibility index (Phi) is 5.28. The number of hydrogen-bond acceptors (Lipinski definition) is 6. The summed E-state index contributed by atoms with van der Waals surface area (Å²) in [5, 5.41) is 20.9. The van der Waals surface area contributed by atoms with Gasteiger partial charge in [-0.2, -0.15) is 0 Å². The van der Waals surface area contributed by atoms with Crippen molar-refractivity contribution in [3.8, 4) is 23.2 Å². The average molecular weight is 430 g/mol. The van der Waals surface area contributed by atoms with E-state index < -0.39 is 11.6 Å². The number of oxazole rings is 1. The van der Waals surface area contributed by atoms with Gasteiger partial charge in [0, 0.05) is 24.4 Å². The van der Waals surface area contributed by atoms with Gasteiger partial charge in [-0.3, -0.25) is 0 Å². The van der Waals surface area contributed by atoms with Crippen LogP contribution in [0.2, 0.25) is 0 Å². The molecule has 0 saturated carbocycles. The van der Waals surface area contributed by atoms with Crippen LogP contribution >= 0.6 is 0 Å². The highest BCUT2D eigenvalue weighted by Gasteiger charge is 2.26. The zero-order valence-corrected chi connectivity index (χ0v) is 18.2. The van der Waals surface area contributed by atoms with Gasteiger partial charge in [0.25, 0.3) is 0 Å². The van der Waals surface area contributed by atoms with E-state index in [0.717, 1.165) is 5.56 Å². The van der Waals surface area contributed by atoms with Crippen LogP contribution in [-0.4, -0.2) is 35.7 Å². The Labute approximate surface area is 184 Å². The standard InChI is InChI=1S/C24H22N4O4/c1-5-16-13-28(4)21-18(16)19(22(29)30)26-20(27-21)17-8-6-7-15(11-17)9-10-24(3,31)23-25-12-14(2)32-23/h6-8,11-13,31H,5H2,1-4H3,(H,29,30). The maximum Gasteiger partial charge on any atom is 0.355 e. The summed E-state index contributed by atoms with van der Waals surface area (Å²) >= 11 is 0. The molecule has 8 nitrogen and oxygen atoms in total. The van der Waals surface area contributed by atoms with Crippen molar-refractivity contribution in [3.05, 3.63) is 65.1 Å². The fourth-order valence-corrected chi connectivity index (χ4v) is 3.47. The molecule has 0 amide bonds. The van der Waals surface area contributed by atoms with Crippen LogP contribution in [0, 0.1) is 18.8 Å². The Morgan fingerprint density at radius 1 is 1.31 bits per heavy atom. The van der Waals surface area contributed by atoms with Crippen molar-refractivity contribution >= 4 is 17.0 Å². The van der Waals surface area contributed by atoms with E-state index in [1.54, 1.807) is 31.2 Å². The summed E-state index contributed by atoms with van der Waals surface area (Å²) in [7, 11) is 1.83. The van der Waals surface area contributed by atoms with Crippen molar-refractivity contribution in [2.75, 3.05) is 0 Å². The van der Waals surface area contributed by atoms with Crippen LogP contribution in [0.3, 0.4) is 0 Å². The second kappa shape index (κ2) is 7.94. The minimum atomic E-state index is -1.56. The number of aliphatic hydroxyl groups is 1. The van der Waals surface area contributed by atoms with Gasteiger partial charge in [-0.05, 0) is 38.0 Å². The number of aryl methyl sites for hydroxylation is 3. The lowest BCUT2D eigenvalue weighted by atomic mass is 10.1. The predicted molar refractivity (Wildman–Crippen MR) is 118 cm³/mol. The molecule has 0 radical (unpaired) electrons. The number of aromatic nitrogens is 4. The molecule has 1 aromatic carbocycles. The fraction of sp³-hybridized carbons (Fsp3) is 0.250. The molecular weight excluding hydrogens is 408 g/mol. The number of nitrogens with zero attached hydrogens (tertiary/aromatic N) is 4. The zero-order chi connectivity index (χ0) is 23.0. The molecule has 0 bridgehead atoms. The summed E-state index contributed by atoms with van der Waals surface area (Å²) < 4.78 is 7.20. The Hall–Kier alpha value is -3.96. The summed E-state index contributed by atoms with van der Waals surface area (Å²) in [6, 6.07) is 7.10. The highest BCUT2D eigenvalue weighted by molar-refractivity contribution is 6.02. The van der Waals surface area contributed by atoms with Crippen molar-refractivity contribution in [2.45, 2.75) is 32.8 Å². The van der Waals surface area contributed by atoms with Gasteiger partial charge in [0.15, 0.2) is 17.1 Å². The minimum absolute atomic E-state index is 0.0267. The molecule has 1 atom stereocenters. The van der Waals surface area contributed by atoms with E-state index in [1.807, 2.05) is 24.7 Å². The third-order valence-corrected chi connectivity index (χ3v) is 5.09. The van der Waals surface area contributed by atoms with Crippen LogP contribution < -0.4 is 0 Å². The lowest BCUT2D eigenvalue weighted by molar-refractivity contribution is 0.0692. The number of carboxylic acid groups (broad SMARTS) is 1. The van der Waals surface area contributed by atoms with Crippen LogP contribution in [0.5, 0.6) is 0 Å². The molecule has 4 rings (SSSR count). The molecule has 0 aliphatic heterocycles. The summed E-state index contributed by atoms with van der Waals surface area (Å²) in [6.07, 6.45) is 4.08. The Bertz CT molecular complexity index is 1400. The van der Waals surface area contributed by atoms with E-state index in [9.17, 15) is 15.0 Å². The first-order chi connectivity index (χ1) is 15.2. The lowest BCUT2D eigenvalue weighted by Crippen LogP contribution is -2.18. The molecule has 8 heteroatoms. The Morgan fingerprint density at radius 2 is 2.09 bits per heavy atom. The van der Waals surface area contributed by atoms with E-state index in [0.29, 0.717) is 34.3 Å². The number of aromatic carboxylic acids is 1. The van der Waals surface area contributed by atoms with Crippen molar-refractivity contribution in [1.82, 2.24) is 19.5 Å². The van der Waals surface area contributed by atoms with Gasteiger partial charge >= 0.3 is 5.97 Å². The Balaban J connectivity index is 1.78. The van der Waals surface area contributed by atoms with Gasteiger partial charge < -0.3 is 19.2 Å². The highest BCUT2D eigenvalue weighted by Crippen LogP contribution is 2.27. The van der Waals surface area contributed by atoms with Crippen LogP contribution in [0.25, 0.3) is 22.4 Å². The van der Waals surface area contributed by atoms with Gasteiger partial charge in [0.2, 0.25) is 5.89 Å². The highest BCUT2D eigenvalue weighted by atomic mass is 16.4. The first-order valence-electron chi connectivity index (χ1n) is 10.1. The third-order valence-electron chi connectivity index (χ3n) is 5.09. The zero-order valence-electron chi connectivity index (χ0n) is 18.2. The third kappa shape index (κ3) is 3.86.